The highest BCUT2D eigenvalue weighted by atomic mass is 16.1. The number of rotatable bonds is 7. The van der Waals surface area contributed by atoms with E-state index in [9.17, 15) is 4.79 Å². The molecule has 1 aromatic heterocycles. The van der Waals surface area contributed by atoms with Gasteiger partial charge >= 0.3 is 0 Å². The van der Waals surface area contributed by atoms with Crippen LogP contribution in [0.4, 0.5) is 0 Å². The Morgan fingerprint density at radius 1 is 1.36 bits per heavy atom. The summed E-state index contributed by atoms with van der Waals surface area (Å²) in [7, 11) is 1.80. The van der Waals surface area contributed by atoms with E-state index in [2.05, 4.69) is 49.0 Å². The molecule has 1 amide bonds. The van der Waals surface area contributed by atoms with Crippen molar-refractivity contribution in [3.63, 3.8) is 0 Å². The molecule has 7 heteroatoms. The van der Waals surface area contributed by atoms with E-state index in [0.717, 1.165) is 57.2 Å². The predicted molar refractivity (Wildman–Crippen MR) is 111 cm³/mol. The van der Waals surface area contributed by atoms with E-state index in [1.54, 1.807) is 7.05 Å². The first-order valence-electron chi connectivity index (χ1n) is 9.93. The zero-order valence-electron chi connectivity index (χ0n) is 16.6. The second-order valence-corrected chi connectivity index (χ2v) is 7.31. The topological polar surface area (TPSA) is 88.5 Å². The molecule has 1 saturated heterocycles. The van der Waals surface area contributed by atoms with Crippen molar-refractivity contribution < 1.29 is 4.79 Å². The van der Waals surface area contributed by atoms with Gasteiger partial charge in [-0.1, -0.05) is 30.3 Å². The Balaban J connectivity index is 1.51. The SMILES string of the molecule is CN=C(NCCc1nccn1Cc1ccccc1)N1CCCC(CC(N)=O)C1. The lowest BCUT2D eigenvalue weighted by Crippen LogP contribution is -2.47. The van der Waals surface area contributed by atoms with E-state index < -0.39 is 0 Å². The molecule has 0 saturated carbocycles. The molecule has 1 atom stereocenters. The maximum absolute atomic E-state index is 11.2. The first-order valence-corrected chi connectivity index (χ1v) is 9.93. The summed E-state index contributed by atoms with van der Waals surface area (Å²) in [5.74, 6) is 2.03. The zero-order chi connectivity index (χ0) is 19.8. The third kappa shape index (κ3) is 5.58. The highest BCUT2D eigenvalue weighted by molar-refractivity contribution is 5.80. The number of benzene rings is 1. The minimum atomic E-state index is -0.222. The fourth-order valence-electron chi connectivity index (χ4n) is 3.82. The van der Waals surface area contributed by atoms with E-state index >= 15 is 0 Å². The molecule has 150 valence electrons. The summed E-state index contributed by atoms with van der Waals surface area (Å²) in [6, 6.07) is 10.4. The average Bonchev–Trinajstić information content (AvgIpc) is 3.12. The van der Waals surface area contributed by atoms with Crippen molar-refractivity contribution >= 4 is 11.9 Å². The Labute approximate surface area is 166 Å². The van der Waals surface area contributed by atoms with Gasteiger partial charge in [-0.2, -0.15) is 0 Å². The average molecular weight is 383 g/mol. The van der Waals surface area contributed by atoms with Crippen molar-refractivity contribution in [3.05, 3.63) is 54.1 Å². The van der Waals surface area contributed by atoms with Crippen molar-refractivity contribution in [2.75, 3.05) is 26.7 Å². The van der Waals surface area contributed by atoms with Crippen molar-refractivity contribution in [1.82, 2.24) is 19.8 Å². The standard InChI is InChI=1S/C21H30N6O/c1-23-21(27-12-5-8-18(16-27)14-19(22)28)25-10-9-20-24-11-13-26(20)15-17-6-3-2-4-7-17/h2-4,6-7,11,13,18H,5,8-10,12,14-16H2,1H3,(H2,22,28)(H,23,25). The van der Waals surface area contributed by atoms with Gasteiger partial charge in [-0.3, -0.25) is 9.79 Å². The number of likely N-dealkylation sites (tertiary alicyclic amines) is 1. The van der Waals surface area contributed by atoms with Crippen LogP contribution in [0.15, 0.2) is 47.7 Å². The number of guanidine groups is 1. The van der Waals surface area contributed by atoms with Crippen LogP contribution < -0.4 is 11.1 Å². The summed E-state index contributed by atoms with van der Waals surface area (Å²) < 4.78 is 2.18. The second-order valence-electron chi connectivity index (χ2n) is 7.31. The van der Waals surface area contributed by atoms with Crippen LogP contribution in [-0.4, -0.2) is 53.0 Å². The quantitative estimate of drug-likeness (QED) is 0.563. The Hall–Kier alpha value is -2.83. The van der Waals surface area contributed by atoms with Gasteiger partial charge < -0.3 is 20.5 Å². The Bertz CT molecular complexity index is 785. The van der Waals surface area contributed by atoms with Gasteiger partial charge in [0.25, 0.3) is 0 Å². The smallest absolute Gasteiger partial charge is 0.217 e. The third-order valence-corrected chi connectivity index (χ3v) is 5.15. The first-order chi connectivity index (χ1) is 13.7. The Morgan fingerprint density at radius 3 is 2.93 bits per heavy atom. The number of primary amides is 1. The summed E-state index contributed by atoms with van der Waals surface area (Å²) in [5.41, 5.74) is 6.63. The number of carbonyl (C=O) groups excluding carboxylic acids is 1. The highest BCUT2D eigenvalue weighted by Crippen LogP contribution is 2.19. The van der Waals surface area contributed by atoms with Gasteiger partial charge in [0.2, 0.25) is 5.91 Å². The van der Waals surface area contributed by atoms with Gasteiger partial charge in [0, 0.05) is 58.5 Å². The van der Waals surface area contributed by atoms with Crippen LogP contribution in [-0.2, 0) is 17.8 Å². The number of aromatic nitrogens is 2. The number of nitrogens with one attached hydrogen (secondary N) is 1. The molecule has 0 bridgehead atoms. The molecule has 28 heavy (non-hydrogen) atoms. The van der Waals surface area contributed by atoms with Gasteiger partial charge in [-0.15, -0.1) is 0 Å². The van der Waals surface area contributed by atoms with E-state index in [0.29, 0.717) is 12.3 Å². The second kappa shape index (κ2) is 9.92. The third-order valence-electron chi connectivity index (χ3n) is 5.15. The molecular weight excluding hydrogens is 352 g/mol. The number of piperidine rings is 1. The molecule has 0 spiro atoms. The molecule has 1 fully saturated rings. The highest BCUT2D eigenvalue weighted by Gasteiger charge is 2.23. The molecule has 0 aliphatic carbocycles. The Morgan fingerprint density at radius 2 is 2.18 bits per heavy atom. The monoisotopic (exact) mass is 382 g/mol. The number of amides is 1. The molecule has 7 nitrogen and oxygen atoms in total. The van der Waals surface area contributed by atoms with Gasteiger partial charge in [0.05, 0.1) is 0 Å². The van der Waals surface area contributed by atoms with E-state index in [1.807, 2.05) is 18.5 Å². The minimum absolute atomic E-state index is 0.222. The van der Waals surface area contributed by atoms with Crippen LogP contribution in [0.5, 0.6) is 0 Å². The number of aliphatic imine (C=N–C) groups is 1. The normalized spacial score (nSPS) is 17.5. The van der Waals surface area contributed by atoms with Crippen LogP contribution in [0.25, 0.3) is 0 Å². The van der Waals surface area contributed by atoms with E-state index in [4.69, 9.17) is 5.73 Å². The number of hydrogen-bond donors (Lipinski definition) is 2. The van der Waals surface area contributed by atoms with E-state index in [-0.39, 0.29) is 5.91 Å². The maximum atomic E-state index is 11.2. The molecule has 0 radical (unpaired) electrons. The minimum Gasteiger partial charge on any atom is -0.370 e. The molecule has 1 aromatic carbocycles. The molecule has 2 heterocycles. The van der Waals surface area contributed by atoms with Crippen LogP contribution in [0.2, 0.25) is 0 Å². The zero-order valence-corrected chi connectivity index (χ0v) is 16.6. The lowest BCUT2D eigenvalue weighted by Gasteiger charge is -2.34. The predicted octanol–water partition coefficient (Wildman–Crippen LogP) is 1.64. The summed E-state index contributed by atoms with van der Waals surface area (Å²) >= 11 is 0. The fraction of sp³-hybridized carbons (Fsp3) is 0.476. The summed E-state index contributed by atoms with van der Waals surface area (Å²) in [5, 5.41) is 3.45. The van der Waals surface area contributed by atoms with Crippen molar-refractivity contribution in [2.45, 2.75) is 32.2 Å². The Kier molecular flexibility index (Phi) is 7.06. The largest absolute Gasteiger partial charge is 0.370 e. The number of hydrogen-bond acceptors (Lipinski definition) is 3. The van der Waals surface area contributed by atoms with Crippen molar-refractivity contribution in [3.8, 4) is 0 Å². The van der Waals surface area contributed by atoms with E-state index in [1.165, 1.54) is 5.56 Å². The van der Waals surface area contributed by atoms with Crippen LogP contribution >= 0.6 is 0 Å². The first kappa shape index (κ1) is 19.9. The molecular formula is C21H30N6O. The lowest BCUT2D eigenvalue weighted by molar-refractivity contribution is -0.119. The molecule has 1 aliphatic heterocycles. The number of nitrogens with two attached hydrogens (primary N) is 1. The van der Waals surface area contributed by atoms with Gasteiger partial charge in [0.1, 0.15) is 5.82 Å². The van der Waals surface area contributed by atoms with Gasteiger partial charge in [-0.25, -0.2) is 4.98 Å². The lowest BCUT2D eigenvalue weighted by atomic mass is 9.95. The van der Waals surface area contributed by atoms with Crippen LogP contribution in [0.3, 0.4) is 0 Å². The molecule has 1 aliphatic rings. The van der Waals surface area contributed by atoms with Crippen LogP contribution in [0, 0.1) is 5.92 Å². The number of carbonyl (C=O) groups is 1. The van der Waals surface area contributed by atoms with Crippen molar-refractivity contribution in [1.29, 1.82) is 0 Å². The summed E-state index contributed by atoms with van der Waals surface area (Å²) in [6.07, 6.45) is 7.25. The summed E-state index contributed by atoms with van der Waals surface area (Å²) in [6.45, 7) is 3.37. The number of imidazole rings is 1. The maximum Gasteiger partial charge on any atom is 0.217 e. The number of nitrogens with zero attached hydrogens (tertiary/aromatic N) is 4. The molecule has 2 aromatic rings. The van der Waals surface area contributed by atoms with Crippen molar-refractivity contribution in [2.24, 2.45) is 16.6 Å². The fourth-order valence-corrected chi connectivity index (χ4v) is 3.82. The van der Waals surface area contributed by atoms with Gasteiger partial charge in [0.15, 0.2) is 5.96 Å². The molecule has 3 N–H and O–H groups in total. The van der Waals surface area contributed by atoms with Crippen LogP contribution in [0.1, 0.15) is 30.7 Å². The summed E-state index contributed by atoms with van der Waals surface area (Å²) in [4.78, 5) is 22.4. The van der Waals surface area contributed by atoms with Gasteiger partial charge in [-0.05, 0) is 24.3 Å². The molecule has 1 unspecified atom stereocenters. The molecule has 3 rings (SSSR count).